The van der Waals surface area contributed by atoms with Crippen LogP contribution in [0.15, 0.2) is 66.2 Å². The van der Waals surface area contributed by atoms with Crippen molar-refractivity contribution < 1.29 is 9.59 Å². The van der Waals surface area contributed by atoms with Gasteiger partial charge in [0.2, 0.25) is 5.78 Å². The van der Waals surface area contributed by atoms with Crippen molar-refractivity contribution in [1.82, 2.24) is 0 Å². The Morgan fingerprint density at radius 2 is 1.78 bits per heavy atom. The minimum absolute atomic E-state index is 0.0102. The van der Waals surface area contributed by atoms with Crippen LogP contribution in [0.5, 0.6) is 0 Å². The van der Waals surface area contributed by atoms with Gasteiger partial charge in [-0.05, 0) is 97.7 Å². The van der Waals surface area contributed by atoms with Gasteiger partial charge < -0.3 is 10.6 Å². The predicted molar refractivity (Wildman–Crippen MR) is 210 cm³/mol. The van der Waals surface area contributed by atoms with Crippen LogP contribution in [0.3, 0.4) is 0 Å². The summed E-state index contributed by atoms with van der Waals surface area (Å²) >= 11 is 1.87. The van der Waals surface area contributed by atoms with Crippen LogP contribution in [0.1, 0.15) is 118 Å². The quantitative estimate of drug-likeness (QED) is 0.187. The van der Waals surface area contributed by atoms with Gasteiger partial charge in [0.25, 0.3) is 0 Å². The van der Waals surface area contributed by atoms with Crippen molar-refractivity contribution in [3.05, 3.63) is 93.2 Å². The molecular formula is C43H55N3O2S. The Kier molecular flexibility index (Phi) is 12.1. The van der Waals surface area contributed by atoms with Gasteiger partial charge in [0.05, 0.1) is 10.6 Å². The highest BCUT2D eigenvalue weighted by Gasteiger charge is 2.31. The van der Waals surface area contributed by atoms with Gasteiger partial charge in [-0.15, -0.1) is 11.3 Å². The number of benzene rings is 2. The third-order valence-electron chi connectivity index (χ3n) is 10.3. The van der Waals surface area contributed by atoms with Crippen LogP contribution in [0.25, 0.3) is 11.4 Å². The summed E-state index contributed by atoms with van der Waals surface area (Å²) in [5, 5.41) is 6.96. The number of aliphatic imine (C=N–C) groups is 1. The Hall–Kier alpha value is -3.77. The number of hydrogen-bond donors (Lipinski definition) is 2. The molecule has 260 valence electrons. The molecule has 1 aromatic heterocycles. The first kappa shape index (κ1) is 36.5. The molecule has 1 aliphatic heterocycles. The van der Waals surface area contributed by atoms with Crippen molar-refractivity contribution in [1.29, 1.82) is 0 Å². The van der Waals surface area contributed by atoms with Crippen LogP contribution >= 0.6 is 11.3 Å². The number of carbonyl (C=O) groups excluding carboxylic acids is 2. The molecule has 3 atom stereocenters. The molecule has 5 nitrogen and oxygen atoms in total. The van der Waals surface area contributed by atoms with Gasteiger partial charge in [-0.25, -0.2) is 4.99 Å². The van der Waals surface area contributed by atoms with E-state index in [-0.39, 0.29) is 23.5 Å². The van der Waals surface area contributed by atoms with E-state index in [2.05, 4.69) is 95.2 Å². The third kappa shape index (κ3) is 8.70. The second-order valence-electron chi connectivity index (χ2n) is 14.9. The minimum Gasteiger partial charge on any atom is -0.355 e. The number of allylic oxidation sites excluding steroid dienone is 1. The number of ketones is 2. The summed E-state index contributed by atoms with van der Waals surface area (Å²) in [5.74, 6) is 1.29. The molecule has 2 aromatic carbocycles. The van der Waals surface area contributed by atoms with Gasteiger partial charge in [0.15, 0.2) is 5.84 Å². The first-order chi connectivity index (χ1) is 23.5. The molecule has 1 aliphatic carbocycles. The molecule has 0 spiro atoms. The molecule has 2 N–H and O–H groups in total. The van der Waals surface area contributed by atoms with Gasteiger partial charge >= 0.3 is 0 Å². The Bertz CT molecular complexity index is 1700. The number of amidine groups is 1. The van der Waals surface area contributed by atoms with E-state index in [0.29, 0.717) is 36.3 Å². The highest BCUT2D eigenvalue weighted by Crippen LogP contribution is 2.37. The molecule has 6 heteroatoms. The Balaban J connectivity index is 1.38. The Labute approximate surface area is 298 Å². The number of rotatable bonds is 12. The SMILES string of the molecule is C=C(Nc1cccc(C2=CCC(C)C(=O)C(Nc3ccc(C(C(=O)CC(C)C)C(CC)C(C)C)cc3)=N2)c1C)c1cc2c(s1)CCCCC2. The molecule has 49 heavy (non-hydrogen) atoms. The summed E-state index contributed by atoms with van der Waals surface area (Å²) in [4.78, 5) is 34.7. The smallest absolute Gasteiger partial charge is 0.201 e. The first-order valence-electron chi connectivity index (χ1n) is 18.4. The van der Waals surface area contributed by atoms with Crippen molar-refractivity contribution in [2.24, 2.45) is 28.7 Å². The monoisotopic (exact) mass is 677 g/mol. The molecule has 0 saturated heterocycles. The summed E-state index contributed by atoms with van der Waals surface area (Å²) in [7, 11) is 0. The lowest BCUT2D eigenvalue weighted by molar-refractivity contribution is -0.123. The van der Waals surface area contributed by atoms with E-state index in [1.54, 1.807) is 0 Å². The van der Waals surface area contributed by atoms with Gasteiger partial charge in [-0.2, -0.15) is 0 Å². The zero-order valence-electron chi connectivity index (χ0n) is 30.6. The zero-order chi connectivity index (χ0) is 35.2. The van der Waals surface area contributed by atoms with E-state index in [9.17, 15) is 9.59 Å². The molecule has 2 heterocycles. The van der Waals surface area contributed by atoms with E-state index in [1.807, 2.05) is 36.5 Å². The highest BCUT2D eigenvalue weighted by molar-refractivity contribution is 7.13. The topological polar surface area (TPSA) is 70.6 Å². The zero-order valence-corrected chi connectivity index (χ0v) is 31.4. The van der Waals surface area contributed by atoms with E-state index in [0.717, 1.165) is 52.3 Å². The largest absolute Gasteiger partial charge is 0.355 e. The van der Waals surface area contributed by atoms with Gasteiger partial charge in [-0.3, -0.25) is 9.59 Å². The maximum atomic E-state index is 13.6. The molecular weight excluding hydrogens is 623 g/mol. The molecule has 0 fully saturated rings. The van der Waals surface area contributed by atoms with E-state index in [1.165, 1.54) is 41.0 Å². The maximum Gasteiger partial charge on any atom is 0.201 e. The van der Waals surface area contributed by atoms with Crippen LogP contribution in [0.2, 0.25) is 0 Å². The maximum absolute atomic E-state index is 13.6. The average Bonchev–Trinajstić information content (AvgIpc) is 3.27. The number of aryl methyl sites for hydroxylation is 2. The standard InChI is InChI=1S/C43H55N3O2S/c1-9-34(27(4)5)41(38(47)24-26(2)3)31-19-21-33(22-20-31)45-43-42(48)28(6)18-23-37(46-43)35-15-13-16-36(29(35)7)44-30(8)40-25-32-14-11-10-12-17-39(32)49-40/h13,15-16,19-23,25-28,34,41,44H,8-12,14,17-18,24H2,1-7H3,(H,45,46). The lowest BCUT2D eigenvalue weighted by Gasteiger charge is -2.29. The second kappa shape index (κ2) is 16.3. The summed E-state index contributed by atoms with van der Waals surface area (Å²) in [5.41, 5.74) is 8.06. The lowest BCUT2D eigenvalue weighted by atomic mass is 9.74. The number of fused-ring (bicyclic) bond motifs is 1. The lowest BCUT2D eigenvalue weighted by Crippen LogP contribution is -2.28. The van der Waals surface area contributed by atoms with Crippen molar-refractivity contribution in [3.8, 4) is 0 Å². The molecule has 3 aromatic rings. The van der Waals surface area contributed by atoms with Crippen molar-refractivity contribution in [2.45, 2.75) is 106 Å². The van der Waals surface area contributed by atoms with Crippen LogP contribution in [-0.2, 0) is 22.4 Å². The highest BCUT2D eigenvalue weighted by atomic mass is 32.1. The predicted octanol–water partition coefficient (Wildman–Crippen LogP) is 11.2. The van der Waals surface area contributed by atoms with Crippen LogP contribution in [0, 0.1) is 30.6 Å². The first-order valence-corrected chi connectivity index (χ1v) is 19.2. The fourth-order valence-electron chi connectivity index (χ4n) is 7.40. The fraction of sp³-hybridized carbons (Fsp3) is 0.465. The van der Waals surface area contributed by atoms with Gasteiger partial charge in [0.1, 0.15) is 5.78 Å². The van der Waals surface area contributed by atoms with Crippen molar-refractivity contribution in [2.75, 3.05) is 10.6 Å². The number of nitrogens with zero attached hydrogens (tertiary/aromatic N) is 1. The number of nitrogens with one attached hydrogen (secondary N) is 2. The van der Waals surface area contributed by atoms with Crippen LogP contribution in [-0.4, -0.2) is 17.4 Å². The van der Waals surface area contributed by atoms with Gasteiger partial charge in [0, 0.05) is 45.8 Å². The van der Waals surface area contributed by atoms with Gasteiger partial charge in [-0.1, -0.05) is 91.3 Å². The number of hydrogen-bond acceptors (Lipinski definition) is 6. The number of Topliss-reactive ketones (excluding diaryl/α,β-unsaturated/α-hetero) is 2. The summed E-state index contributed by atoms with van der Waals surface area (Å²) < 4.78 is 0. The summed E-state index contributed by atoms with van der Waals surface area (Å²) in [6, 6.07) is 16.6. The Morgan fingerprint density at radius 3 is 2.47 bits per heavy atom. The molecule has 3 unspecified atom stereocenters. The van der Waals surface area contributed by atoms with Crippen molar-refractivity contribution >= 4 is 51.5 Å². The van der Waals surface area contributed by atoms with Crippen molar-refractivity contribution in [3.63, 3.8) is 0 Å². The normalized spacial score (nSPS) is 17.8. The molecule has 5 rings (SSSR count). The number of thiophene rings is 1. The second-order valence-corrected chi connectivity index (χ2v) is 16.0. The Morgan fingerprint density at radius 1 is 1.04 bits per heavy atom. The molecule has 2 aliphatic rings. The van der Waals surface area contributed by atoms with E-state index in [4.69, 9.17) is 4.99 Å². The molecule has 0 amide bonds. The molecule has 0 saturated carbocycles. The minimum atomic E-state index is -0.201. The average molecular weight is 678 g/mol. The number of anilines is 2. The fourth-order valence-corrected chi connectivity index (χ4v) is 8.58. The molecule has 0 radical (unpaired) electrons. The molecule has 0 bridgehead atoms. The van der Waals surface area contributed by atoms with E-state index < -0.39 is 0 Å². The van der Waals surface area contributed by atoms with Crippen LogP contribution < -0.4 is 10.6 Å². The van der Waals surface area contributed by atoms with Crippen LogP contribution in [0.4, 0.5) is 11.4 Å². The summed E-state index contributed by atoms with van der Waals surface area (Å²) in [6.07, 6.45) is 10.4. The van der Waals surface area contributed by atoms with E-state index >= 15 is 0 Å². The number of carbonyl (C=O) groups is 2. The summed E-state index contributed by atoms with van der Waals surface area (Å²) in [6.45, 7) is 19.3. The third-order valence-corrected chi connectivity index (χ3v) is 11.6.